The van der Waals surface area contributed by atoms with Crippen LogP contribution in [0.2, 0.25) is 5.02 Å². The van der Waals surface area contributed by atoms with E-state index in [1.54, 1.807) is 0 Å². The number of nitrogens with zero attached hydrogens (tertiary/aromatic N) is 8. The summed E-state index contributed by atoms with van der Waals surface area (Å²) in [7, 11) is 3.84. The summed E-state index contributed by atoms with van der Waals surface area (Å²) in [5.74, 6) is 0.769. The Morgan fingerprint density at radius 1 is 1.27 bits per heavy atom. The van der Waals surface area contributed by atoms with Crippen molar-refractivity contribution in [3.63, 3.8) is 0 Å². The molecule has 1 amide bonds. The highest BCUT2D eigenvalue weighted by molar-refractivity contribution is 6.30. The number of tetrazole rings is 1. The van der Waals surface area contributed by atoms with E-state index in [0.29, 0.717) is 17.5 Å². The van der Waals surface area contributed by atoms with Gasteiger partial charge < -0.3 is 9.80 Å². The van der Waals surface area contributed by atoms with E-state index in [1.165, 1.54) is 11.0 Å². The quantitative estimate of drug-likeness (QED) is 0.617. The summed E-state index contributed by atoms with van der Waals surface area (Å²) in [6, 6.07) is 7.68. The number of halogens is 1. The summed E-state index contributed by atoms with van der Waals surface area (Å²) in [6.45, 7) is 1.46. The second-order valence-electron chi connectivity index (χ2n) is 7.56. The predicted octanol–water partition coefficient (Wildman–Crippen LogP) is 2.26. The second kappa shape index (κ2) is 8.74. The topological polar surface area (TPSA) is 92.9 Å². The molecule has 0 N–H and O–H groups in total. The summed E-state index contributed by atoms with van der Waals surface area (Å²) in [5.41, 5.74) is 2.94. The van der Waals surface area contributed by atoms with Crippen LogP contribution >= 0.6 is 11.6 Å². The molecule has 30 heavy (non-hydrogen) atoms. The van der Waals surface area contributed by atoms with Crippen molar-refractivity contribution in [1.29, 1.82) is 0 Å². The summed E-state index contributed by atoms with van der Waals surface area (Å²) >= 11 is 6.07. The van der Waals surface area contributed by atoms with E-state index in [-0.39, 0.29) is 18.4 Å². The van der Waals surface area contributed by atoms with Gasteiger partial charge in [0.05, 0.1) is 5.69 Å². The van der Waals surface area contributed by atoms with Crippen LogP contribution in [0.4, 0.5) is 5.95 Å². The minimum absolute atomic E-state index is 0.00179. The van der Waals surface area contributed by atoms with Crippen molar-refractivity contribution in [2.75, 3.05) is 32.1 Å². The van der Waals surface area contributed by atoms with E-state index in [1.807, 2.05) is 54.4 Å². The van der Waals surface area contributed by atoms with Crippen molar-refractivity contribution >= 4 is 23.5 Å². The highest BCUT2D eigenvalue weighted by atomic mass is 35.5. The summed E-state index contributed by atoms with van der Waals surface area (Å²) in [4.78, 5) is 25.9. The maximum atomic E-state index is 12.8. The second-order valence-corrected chi connectivity index (χ2v) is 7.99. The van der Waals surface area contributed by atoms with Crippen LogP contribution in [-0.2, 0) is 11.3 Å². The molecule has 3 heterocycles. The van der Waals surface area contributed by atoms with Crippen molar-refractivity contribution in [2.24, 2.45) is 0 Å². The first-order valence-corrected chi connectivity index (χ1v) is 10.2. The maximum absolute atomic E-state index is 12.8. The highest BCUT2D eigenvalue weighted by Gasteiger charge is 2.28. The number of hydrogen-bond donors (Lipinski definition) is 0. The van der Waals surface area contributed by atoms with Crippen molar-refractivity contribution in [1.82, 2.24) is 35.1 Å². The third-order valence-electron chi connectivity index (χ3n) is 5.21. The smallest absolute Gasteiger partial charge is 0.244 e. The molecule has 3 aromatic rings. The molecule has 1 aliphatic rings. The Bertz CT molecular complexity index is 1010. The Kier molecular flexibility index (Phi) is 5.89. The lowest BCUT2D eigenvalue weighted by molar-refractivity contribution is -0.133. The first-order valence-electron chi connectivity index (χ1n) is 9.80. The zero-order chi connectivity index (χ0) is 21.1. The molecule has 0 radical (unpaired) electrons. The Balaban J connectivity index is 1.63. The molecule has 1 unspecified atom stereocenters. The van der Waals surface area contributed by atoms with Crippen LogP contribution in [0, 0.1) is 0 Å². The van der Waals surface area contributed by atoms with Crippen molar-refractivity contribution in [2.45, 2.75) is 25.3 Å². The summed E-state index contributed by atoms with van der Waals surface area (Å²) in [5, 5.41) is 11.7. The molecule has 4 rings (SSSR count). The number of piperidine rings is 1. The molecular weight excluding hydrogens is 404 g/mol. The number of hydrogen-bond acceptors (Lipinski definition) is 7. The first-order chi connectivity index (χ1) is 14.5. The maximum Gasteiger partial charge on any atom is 0.244 e. The average Bonchev–Trinajstić information content (AvgIpc) is 3.27. The van der Waals surface area contributed by atoms with Gasteiger partial charge in [-0.2, -0.15) is 0 Å². The van der Waals surface area contributed by atoms with Gasteiger partial charge in [-0.15, -0.1) is 5.10 Å². The third-order valence-corrected chi connectivity index (χ3v) is 5.46. The Labute approximate surface area is 179 Å². The molecule has 1 fully saturated rings. The predicted molar refractivity (Wildman–Crippen MR) is 113 cm³/mol. The van der Waals surface area contributed by atoms with Gasteiger partial charge in [-0.05, 0) is 41.0 Å². The summed E-state index contributed by atoms with van der Waals surface area (Å²) < 4.78 is 1.44. The van der Waals surface area contributed by atoms with Crippen LogP contribution in [-0.4, -0.2) is 68.2 Å². The summed E-state index contributed by atoms with van der Waals surface area (Å²) in [6.07, 6.45) is 5.18. The van der Waals surface area contributed by atoms with Crippen LogP contribution in [0.1, 0.15) is 24.5 Å². The van der Waals surface area contributed by atoms with Crippen LogP contribution < -0.4 is 4.90 Å². The standard InChI is InChI=1S/C20H23ClN8O/c1-27(2)20-22-10-17(14-5-7-16(21)8-6-14)19(24-20)15-4-3-9-28(11-15)18(30)12-29-13-23-25-26-29/h5-8,10,13,15H,3-4,9,11-12H2,1-2H3. The number of anilines is 1. The molecule has 0 saturated carbocycles. The van der Waals surface area contributed by atoms with E-state index in [0.717, 1.165) is 36.2 Å². The number of likely N-dealkylation sites (tertiary alicyclic amines) is 1. The molecule has 9 nitrogen and oxygen atoms in total. The van der Waals surface area contributed by atoms with Gasteiger partial charge in [0.25, 0.3) is 0 Å². The molecule has 0 spiro atoms. The molecule has 1 aromatic carbocycles. The van der Waals surface area contributed by atoms with Crippen LogP contribution in [0.5, 0.6) is 0 Å². The van der Waals surface area contributed by atoms with Crippen molar-refractivity contribution < 1.29 is 4.79 Å². The highest BCUT2D eigenvalue weighted by Crippen LogP contribution is 2.34. The van der Waals surface area contributed by atoms with Crippen molar-refractivity contribution in [3.8, 4) is 11.1 Å². The largest absolute Gasteiger partial charge is 0.347 e. The molecule has 2 aromatic heterocycles. The first kappa shape index (κ1) is 20.2. The van der Waals surface area contributed by atoms with Crippen LogP contribution in [0.15, 0.2) is 36.8 Å². The van der Waals surface area contributed by atoms with E-state index < -0.39 is 0 Å². The van der Waals surface area contributed by atoms with E-state index in [2.05, 4.69) is 20.5 Å². The Morgan fingerprint density at radius 3 is 2.77 bits per heavy atom. The van der Waals surface area contributed by atoms with Gasteiger partial charge in [-0.1, -0.05) is 23.7 Å². The van der Waals surface area contributed by atoms with E-state index >= 15 is 0 Å². The molecule has 1 aliphatic heterocycles. The molecule has 0 aliphatic carbocycles. The molecule has 1 atom stereocenters. The van der Waals surface area contributed by atoms with Crippen molar-refractivity contribution in [3.05, 3.63) is 47.5 Å². The zero-order valence-electron chi connectivity index (χ0n) is 16.9. The number of carbonyl (C=O) groups is 1. The van der Waals surface area contributed by atoms with Gasteiger partial charge in [0.2, 0.25) is 11.9 Å². The normalized spacial score (nSPS) is 16.5. The molecule has 1 saturated heterocycles. The molecule has 10 heteroatoms. The number of rotatable bonds is 5. The number of carbonyl (C=O) groups excluding carboxylic acids is 1. The molecular formula is C20H23ClN8O. The fourth-order valence-electron chi connectivity index (χ4n) is 3.68. The molecule has 156 valence electrons. The zero-order valence-corrected chi connectivity index (χ0v) is 17.7. The lowest BCUT2D eigenvalue weighted by atomic mass is 9.90. The van der Waals surface area contributed by atoms with Gasteiger partial charge in [-0.3, -0.25) is 4.79 Å². The van der Waals surface area contributed by atoms with Gasteiger partial charge in [-0.25, -0.2) is 14.6 Å². The average molecular weight is 427 g/mol. The van der Waals surface area contributed by atoms with Crippen LogP contribution in [0.3, 0.4) is 0 Å². The number of benzene rings is 1. The number of amides is 1. The minimum Gasteiger partial charge on any atom is -0.347 e. The molecule has 0 bridgehead atoms. The fraction of sp³-hybridized carbons (Fsp3) is 0.400. The van der Waals surface area contributed by atoms with E-state index in [9.17, 15) is 4.79 Å². The van der Waals surface area contributed by atoms with Gasteiger partial charge in [0, 0.05) is 49.9 Å². The monoisotopic (exact) mass is 426 g/mol. The van der Waals surface area contributed by atoms with Gasteiger partial charge >= 0.3 is 0 Å². The SMILES string of the molecule is CN(C)c1ncc(-c2ccc(Cl)cc2)c(C2CCCN(C(=O)Cn3cnnn3)C2)n1. The Hall–Kier alpha value is -3.07. The van der Waals surface area contributed by atoms with Gasteiger partial charge in [0.15, 0.2) is 0 Å². The van der Waals surface area contributed by atoms with Gasteiger partial charge in [0.1, 0.15) is 12.9 Å². The fourth-order valence-corrected chi connectivity index (χ4v) is 3.81. The number of aromatic nitrogens is 6. The minimum atomic E-state index is 0.00179. The van der Waals surface area contributed by atoms with Crippen LogP contribution in [0.25, 0.3) is 11.1 Å². The van der Waals surface area contributed by atoms with E-state index in [4.69, 9.17) is 16.6 Å². The third kappa shape index (κ3) is 4.40. The lowest BCUT2D eigenvalue weighted by Gasteiger charge is -2.33. The lowest BCUT2D eigenvalue weighted by Crippen LogP contribution is -2.41. The Morgan fingerprint density at radius 2 is 2.07 bits per heavy atom.